The minimum absolute atomic E-state index is 0.124. The normalized spacial score (nSPS) is 10.6. The number of carbonyl (C=O) groups is 1. The Kier molecular flexibility index (Phi) is 5.52. The van der Waals surface area contributed by atoms with E-state index in [1.54, 1.807) is 36.4 Å². The van der Waals surface area contributed by atoms with Crippen molar-refractivity contribution in [2.45, 2.75) is 13.3 Å². The molecule has 0 aliphatic carbocycles. The number of amides is 1. The lowest BCUT2D eigenvalue weighted by molar-refractivity contribution is -0.114. The number of carbonyl (C=O) groups excluding carboxylic acids is 1. The van der Waals surface area contributed by atoms with Gasteiger partial charge in [0.05, 0.1) is 6.42 Å². The van der Waals surface area contributed by atoms with Gasteiger partial charge in [0.2, 0.25) is 17.6 Å². The fourth-order valence-electron chi connectivity index (χ4n) is 2.84. The van der Waals surface area contributed by atoms with Crippen LogP contribution in [-0.4, -0.2) is 16.0 Å². The van der Waals surface area contributed by atoms with Crippen LogP contribution < -0.4 is 10.1 Å². The molecule has 0 spiro atoms. The van der Waals surface area contributed by atoms with Crippen molar-refractivity contribution >= 4 is 11.6 Å². The van der Waals surface area contributed by atoms with Crippen molar-refractivity contribution in [3.63, 3.8) is 0 Å². The molecule has 7 heteroatoms. The Morgan fingerprint density at radius 1 is 0.967 bits per heavy atom. The van der Waals surface area contributed by atoms with Gasteiger partial charge in [-0.3, -0.25) is 4.79 Å². The summed E-state index contributed by atoms with van der Waals surface area (Å²) in [7, 11) is 0. The van der Waals surface area contributed by atoms with E-state index in [1.807, 2.05) is 24.3 Å². The zero-order valence-corrected chi connectivity index (χ0v) is 16.1. The van der Waals surface area contributed by atoms with Crippen LogP contribution in [0.15, 0.2) is 77.3 Å². The Bertz CT molecular complexity index is 1140. The molecule has 30 heavy (non-hydrogen) atoms. The molecular weight excluding hydrogens is 385 g/mol. The van der Waals surface area contributed by atoms with Crippen molar-refractivity contribution < 1.29 is 18.4 Å². The average molecular weight is 403 g/mol. The monoisotopic (exact) mass is 403 g/mol. The van der Waals surface area contributed by atoms with Crippen LogP contribution in [-0.2, 0) is 11.2 Å². The maximum Gasteiger partial charge on any atom is 0.231 e. The molecule has 0 fully saturated rings. The zero-order chi connectivity index (χ0) is 20.9. The molecule has 6 nitrogen and oxygen atoms in total. The molecule has 1 heterocycles. The van der Waals surface area contributed by atoms with Gasteiger partial charge >= 0.3 is 0 Å². The maximum atomic E-state index is 13.0. The van der Waals surface area contributed by atoms with E-state index in [0.29, 0.717) is 35.3 Å². The molecular formula is C23H18FN3O3. The summed E-state index contributed by atoms with van der Waals surface area (Å²) in [6.07, 6.45) is 0.433. The lowest BCUT2D eigenvalue weighted by atomic mass is 10.1. The second-order valence-corrected chi connectivity index (χ2v) is 6.65. The van der Waals surface area contributed by atoms with Crippen LogP contribution in [0.2, 0.25) is 0 Å². The lowest BCUT2D eigenvalue weighted by Gasteiger charge is -2.07. The molecule has 4 rings (SSSR count). The average Bonchev–Trinajstić information content (AvgIpc) is 3.20. The quantitative estimate of drug-likeness (QED) is 0.478. The summed E-state index contributed by atoms with van der Waals surface area (Å²) in [5.41, 5.74) is 2.39. The largest absolute Gasteiger partial charge is 0.457 e. The summed E-state index contributed by atoms with van der Waals surface area (Å²) in [6.45, 7) is 1.46. The van der Waals surface area contributed by atoms with Gasteiger partial charge in [-0.2, -0.15) is 4.98 Å². The number of anilines is 1. The first-order valence-corrected chi connectivity index (χ1v) is 9.28. The van der Waals surface area contributed by atoms with Gasteiger partial charge in [0.25, 0.3) is 0 Å². The van der Waals surface area contributed by atoms with Gasteiger partial charge in [0, 0.05) is 18.2 Å². The van der Waals surface area contributed by atoms with Gasteiger partial charge in [-0.15, -0.1) is 0 Å². The Balaban J connectivity index is 1.40. The predicted octanol–water partition coefficient (Wildman–Crippen LogP) is 5.22. The third-order valence-corrected chi connectivity index (χ3v) is 4.26. The van der Waals surface area contributed by atoms with Crippen LogP contribution in [0.4, 0.5) is 10.1 Å². The summed E-state index contributed by atoms with van der Waals surface area (Å²) < 4.78 is 24.1. The minimum Gasteiger partial charge on any atom is -0.457 e. The van der Waals surface area contributed by atoms with Crippen molar-refractivity contribution in [1.82, 2.24) is 10.1 Å². The van der Waals surface area contributed by atoms with Crippen LogP contribution in [0.3, 0.4) is 0 Å². The number of benzene rings is 3. The molecule has 3 aromatic carbocycles. The van der Waals surface area contributed by atoms with E-state index in [4.69, 9.17) is 9.26 Å². The summed E-state index contributed by atoms with van der Waals surface area (Å²) in [6, 6.07) is 20.6. The second kappa shape index (κ2) is 8.57. The van der Waals surface area contributed by atoms with Gasteiger partial charge in [0.1, 0.15) is 17.3 Å². The fraction of sp³-hybridized carbons (Fsp3) is 0.0870. The van der Waals surface area contributed by atoms with Gasteiger partial charge in [0.15, 0.2) is 0 Å². The van der Waals surface area contributed by atoms with E-state index in [1.165, 1.54) is 19.1 Å². The Morgan fingerprint density at radius 2 is 1.60 bits per heavy atom. The molecule has 0 radical (unpaired) electrons. The third-order valence-electron chi connectivity index (χ3n) is 4.26. The maximum absolute atomic E-state index is 13.0. The number of nitrogens with zero attached hydrogens (tertiary/aromatic N) is 2. The molecule has 0 aliphatic heterocycles. The number of halogens is 1. The number of hydrogen-bond acceptors (Lipinski definition) is 5. The zero-order valence-electron chi connectivity index (χ0n) is 16.1. The molecule has 4 aromatic rings. The molecule has 0 saturated heterocycles. The topological polar surface area (TPSA) is 77.2 Å². The van der Waals surface area contributed by atoms with E-state index >= 15 is 0 Å². The fourth-order valence-corrected chi connectivity index (χ4v) is 2.84. The highest BCUT2D eigenvalue weighted by molar-refractivity contribution is 5.88. The Morgan fingerprint density at radius 3 is 2.23 bits per heavy atom. The summed E-state index contributed by atoms with van der Waals surface area (Å²) >= 11 is 0. The van der Waals surface area contributed by atoms with Crippen molar-refractivity contribution in [1.29, 1.82) is 0 Å². The molecule has 0 saturated carbocycles. The van der Waals surface area contributed by atoms with Crippen LogP contribution in [0.1, 0.15) is 18.4 Å². The van der Waals surface area contributed by atoms with Crippen LogP contribution in [0.5, 0.6) is 11.5 Å². The van der Waals surface area contributed by atoms with Crippen molar-refractivity contribution in [2.75, 3.05) is 5.32 Å². The van der Waals surface area contributed by atoms with Crippen molar-refractivity contribution in [3.05, 3.63) is 90.1 Å². The highest BCUT2D eigenvalue weighted by atomic mass is 19.1. The van der Waals surface area contributed by atoms with Crippen LogP contribution in [0.25, 0.3) is 11.4 Å². The van der Waals surface area contributed by atoms with E-state index in [9.17, 15) is 9.18 Å². The van der Waals surface area contributed by atoms with Crippen molar-refractivity contribution in [3.8, 4) is 22.9 Å². The standard InChI is InChI=1S/C23H18FN3O3/c1-15(28)25-19-8-12-21(13-9-19)29-20-10-4-17(5-11-20)23-26-22(30-27-23)14-16-2-6-18(24)7-3-16/h2-13H,14H2,1H3,(H,25,28). The van der Waals surface area contributed by atoms with E-state index in [2.05, 4.69) is 15.5 Å². The molecule has 0 aliphatic rings. The molecule has 0 unspecified atom stereocenters. The molecule has 150 valence electrons. The molecule has 1 N–H and O–H groups in total. The first kappa shape index (κ1) is 19.3. The lowest BCUT2D eigenvalue weighted by Crippen LogP contribution is -2.05. The smallest absolute Gasteiger partial charge is 0.231 e. The second-order valence-electron chi connectivity index (χ2n) is 6.65. The molecule has 1 aromatic heterocycles. The number of nitrogens with one attached hydrogen (secondary N) is 1. The summed E-state index contributed by atoms with van der Waals surface area (Å²) in [5.74, 6) is 1.83. The Hall–Kier alpha value is -4.00. The van der Waals surface area contributed by atoms with Gasteiger partial charge in [-0.25, -0.2) is 4.39 Å². The van der Waals surface area contributed by atoms with E-state index in [-0.39, 0.29) is 11.7 Å². The van der Waals surface area contributed by atoms with Crippen LogP contribution in [0, 0.1) is 5.82 Å². The Labute approximate surface area is 172 Å². The molecule has 0 atom stereocenters. The number of ether oxygens (including phenoxy) is 1. The SMILES string of the molecule is CC(=O)Nc1ccc(Oc2ccc(-c3noc(Cc4ccc(F)cc4)n3)cc2)cc1. The number of hydrogen-bond donors (Lipinski definition) is 1. The molecule has 1 amide bonds. The molecule has 0 bridgehead atoms. The van der Waals surface area contributed by atoms with Gasteiger partial charge < -0.3 is 14.6 Å². The predicted molar refractivity (Wildman–Crippen MR) is 110 cm³/mol. The highest BCUT2D eigenvalue weighted by Crippen LogP contribution is 2.26. The minimum atomic E-state index is -0.282. The number of rotatable bonds is 6. The number of aromatic nitrogens is 2. The summed E-state index contributed by atoms with van der Waals surface area (Å²) in [4.78, 5) is 15.5. The first-order valence-electron chi connectivity index (χ1n) is 9.28. The van der Waals surface area contributed by atoms with Gasteiger partial charge in [-0.1, -0.05) is 17.3 Å². The van der Waals surface area contributed by atoms with Crippen molar-refractivity contribution in [2.24, 2.45) is 0 Å². The van der Waals surface area contributed by atoms with Crippen LogP contribution >= 0.6 is 0 Å². The third kappa shape index (κ3) is 4.88. The first-order chi connectivity index (χ1) is 14.5. The van der Waals surface area contributed by atoms with E-state index < -0.39 is 0 Å². The van der Waals surface area contributed by atoms with E-state index in [0.717, 1.165) is 11.1 Å². The summed E-state index contributed by atoms with van der Waals surface area (Å²) in [5, 5.41) is 6.72. The highest BCUT2D eigenvalue weighted by Gasteiger charge is 2.10. The van der Waals surface area contributed by atoms with Gasteiger partial charge in [-0.05, 0) is 66.2 Å².